The van der Waals surface area contributed by atoms with Crippen LogP contribution in [-0.4, -0.2) is 20.7 Å². The minimum Gasteiger partial charge on any atom is -0.461 e. The molecule has 198 valence electrons. The molecule has 0 fully saturated rings. The second-order valence-electron chi connectivity index (χ2n) is 8.45. The molecule has 3 aromatic carbocycles. The van der Waals surface area contributed by atoms with Crippen LogP contribution in [0.3, 0.4) is 0 Å². The van der Waals surface area contributed by atoms with Gasteiger partial charge in [-0.05, 0) is 41.5 Å². The monoisotopic (exact) mass is 568 g/mol. The number of anilines is 1. The molecule has 39 heavy (non-hydrogen) atoms. The van der Waals surface area contributed by atoms with E-state index in [1.54, 1.807) is 42.5 Å². The molecule has 5 aromatic rings. The zero-order chi connectivity index (χ0) is 27.4. The van der Waals surface area contributed by atoms with Crippen LogP contribution in [0.4, 0.5) is 18.9 Å². The van der Waals surface area contributed by atoms with Crippen molar-refractivity contribution in [1.82, 2.24) is 14.8 Å². The Morgan fingerprint density at radius 2 is 1.69 bits per heavy atom. The molecule has 6 nitrogen and oxygen atoms in total. The summed E-state index contributed by atoms with van der Waals surface area (Å²) in [5, 5.41) is 10.8. The Morgan fingerprint density at radius 3 is 2.36 bits per heavy atom. The highest BCUT2D eigenvalue weighted by molar-refractivity contribution is 8.00. The number of hydrogen-bond donors (Lipinski definition) is 1. The molecule has 0 spiro atoms. The average molecular weight is 569 g/mol. The molecule has 2 heterocycles. The highest BCUT2D eigenvalue weighted by Gasteiger charge is 2.32. The number of carbonyl (C=O) groups is 1. The second-order valence-corrected chi connectivity index (χ2v) is 9.92. The molecule has 5 rings (SSSR count). The summed E-state index contributed by atoms with van der Waals surface area (Å²) >= 11 is 7.27. The van der Waals surface area contributed by atoms with E-state index in [-0.39, 0.29) is 10.7 Å². The summed E-state index contributed by atoms with van der Waals surface area (Å²) in [6.45, 7) is 0.398. The first-order chi connectivity index (χ1) is 18.8. The van der Waals surface area contributed by atoms with Gasteiger partial charge in [0.05, 0.1) is 29.1 Å². The lowest BCUT2D eigenvalue weighted by Gasteiger charge is -2.19. The Hall–Kier alpha value is -4.02. The van der Waals surface area contributed by atoms with Gasteiger partial charge in [0.25, 0.3) is 0 Å². The molecule has 0 aliphatic carbocycles. The number of halogens is 4. The Balaban J connectivity index is 1.51. The van der Waals surface area contributed by atoms with Gasteiger partial charge in [-0.15, -0.1) is 10.2 Å². The van der Waals surface area contributed by atoms with Gasteiger partial charge in [0, 0.05) is 0 Å². The quantitative estimate of drug-likeness (QED) is 0.194. The third kappa shape index (κ3) is 6.18. The molecule has 1 atom stereocenters. The van der Waals surface area contributed by atoms with E-state index in [0.717, 1.165) is 35.5 Å². The zero-order valence-corrected chi connectivity index (χ0v) is 21.7. The number of carbonyl (C=O) groups excluding carboxylic acids is 1. The van der Waals surface area contributed by atoms with Crippen LogP contribution < -0.4 is 5.32 Å². The summed E-state index contributed by atoms with van der Waals surface area (Å²) < 4.78 is 47.3. The van der Waals surface area contributed by atoms with Crippen molar-refractivity contribution in [2.75, 3.05) is 5.32 Å². The number of rotatable bonds is 8. The van der Waals surface area contributed by atoms with Gasteiger partial charge in [-0.1, -0.05) is 84.0 Å². The number of alkyl halides is 3. The van der Waals surface area contributed by atoms with Crippen molar-refractivity contribution in [3.05, 3.63) is 119 Å². The lowest BCUT2D eigenvalue weighted by Crippen LogP contribution is -2.20. The molecule has 0 aliphatic rings. The normalized spacial score (nSPS) is 12.3. The first kappa shape index (κ1) is 26.6. The van der Waals surface area contributed by atoms with Crippen LogP contribution in [0.25, 0.3) is 11.6 Å². The smallest absolute Gasteiger partial charge is 0.416 e. The van der Waals surface area contributed by atoms with Crippen molar-refractivity contribution in [2.45, 2.75) is 23.1 Å². The minimum atomic E-state index is -4.59. The molecule has 2 aromatic heterocycles. The standard InChI is InChI=1S/C28H20ClF3N4O2S/c29-21-14-13-20(28(30,31)32)16-22(21)33-26(37)24(19-10-5-2-6-11-19)39-27-35-34-25(23-12-7-15-38-23)36(27)17-18-8-3-1-4-9-18/h1-16,24H,17H2,(H,33,37)/t24-/m1/s1. The van der Waals surface area contributed by atoms with Gasteiger partial charge in [0.1, 0.15) is 5.25 Å². The number of nitrogens with zero attached hydrogens (tertiary/aromatic N) is 3. The van der Waals surface area contributed by atoms with Crippen molar-refractivity contribution in [2.24, 2.45) is 0 Å². The maximum Gasteiger partial charge on any atom is 0.416 e. The van der Waals surface area contributed by atoms with E-state index in [2.05, 4.69) is 15.5 Å². The molecule has 0 saturated heterocycles. The van der Waals surface area contributed by atoms with Gasteiger partial charge in [0.2, 0.25) is 11.7 Å². The molecule has 0 aliphatic heterocycles. The number of furan rings is 1. The second kappa shape index (κ2) is 11.4. The molecule has 0 unspecified atom stereocenters. The van der Waals surface area contributed by atoms with Gasteiger partial charge in [0.15, 0.2) is 10.9 Å². The van der Waals surface area contributed by atoms with Crippen molar-refractivity contribution in [3.8, 4) is 11.6 Å². The third-order valence-electron chi connectivity index (χ3n) is 5.76. The fourth-order valence-corrected chi connectivity index (χ4v) is 5.08. The fourth-order valence-electron chi connectivity index (χ4n) is 3.87. The van der Waals surface area contributed by atoms with Crippen LogP contribution in [0.5, 0.6) is 0 Å². The predicted octanol–water partition coefficient (Wildman–Crippen LogP) is 7.73. The molecule has 1 amide bonds. The SMILES string of the molecule is O=C(Nc1cc(C(F)(F)F)ccc1Cl)[C@H](Sc1nnc(-c2ccco2)n1Cc1ccccc1)c1ccccc1. The van der Waals surface area contributed by atoms with E-state index in [4.69, 9.17) is 16.0 Å². The molecule has 0 radical (unpaired) electrons. The molecular formula is C28H20ClF3N4O2S. The molecular weight excluding hydrogens is 549 g/mol. The highest BCUT2D eigenvalue weighted by atomic mass is 35.5. The van der Waals surface area contributed by atoms with Crippen molar-refractivity contribution in [3.63, 3.8) is 0 Å². The van der Waals surface area contributed by atoms with Crippen LogP contribution in [-0.2, 0) is 17.5 Å². The van der Waals surface area contributed by atoms with Crippen molar-refractivity contribution in [1.29, 1.82) is 0 Å². The van der Waals surface area contributed by atoms with Gasteiger partial charge in [-0.3, -0.25) is 9.36 Å². The number of benzene rings is 3. The molecule has 0 saturated carbocycles. The number of nitrogens with one attached hydrogen (secondary N) is 1. The fraction of sp³-hybridized carbons (Fsp3) is 0.107. The van der Waals surface area contributed by atoms with E-state index in [1.807, 2.05) is 34.9 Å². The first-order valence-electron chi connectivity index (χ1n) is 11.7. The van der Waals surface area contributed by atoms with Gasteiger partial charge in [-0.25, -0.2) is 0 Å². The van der Waals surface area contributed by atoms with Crippen LogP contribution in [0.2, 0.25) is 5.02 Å². The number of aromatic nitrogens is 3. The molecule has 1 N–H and O–H groups in total. The largest absolute Gasteiger partial charge is 0.461 e. The number of hydrogen-bond acceptors (Lipinski definition) is 5. The Bertz CT molecular complexity index is 1560. The lowest BCUT2D eigenvalue weighted by atomic mass is 10.1. The van der Waals surface area contributed by atoms with Gasteiger partial charge >= 0.3 is 6.18 Å². The summed E-state index contributed by atoms with van der Waals surface area (Å²) in [6.07, 6.45) is -3.06. The average Bonchev–Trinajstić information content (AvgIpc) is 3.59. The van der Waals surface area contributed by atoms with E-state index < -0.39 is 22.9 Å². The first-order valence-corrected chi connectivity index (χ1v) is 13.0. The van der Waals surface area contributed by atoms with Gasteiger partial charge < -0.3 is 9.73 Å². The van der Waals surface area contributed by atoms with E-state index in [1.165, 1.54) is 6.26 Å². The summed E-state index contributed by atoms with van der Waals surface area (Å²) in [5.74, 6) is 0.405. The predicted molar refractivity (Wildman–Crippen MR) is 143 cm³/mol. The van der Waals surface area contributed by atoms with Crippen molar-refractivity contribution < 1.29 is 22.4 Å². The number of amides is 1. The summed E-state index contributed by atoms with van der Waals surface area (Å²) in [6, 6.07) is 24.8. The van der Waals surface area contributed by atoms with Crippen LogP contribution in [0.15, 0.2) is 107 Å². The molecule has 11 heteroatoms. The Kier molecular flexibility index (Phi) is 7.76. The zero-order valence-electron chi connectivity index (χ0n) is 20.1. The Labute approximate surface area is 230 Å². The summed E-state index contributed by atoms with van der Waals surface area (Å²) in [7, 11) is 0. The van der Waals surface area contributed by atoms with E-state index >= 15 is 0 Å². The van der Waals surface area contributed by atoms with Crippen LogP contribution in [0, 0.1) is 0 Å². The van der Waals surface area contributed by atoms with Gasteiger partial charge in [-0.2, -0.15) is 13.2 Å². The van der Waals surface area contributed by atoms with Crippen LogP contribution >= 0.6 is 23.4 Å². The topological polar surface area (TPSA) is 73.0 Å². The van der Waals surface area contributed by atoms with E-state index in [9.17, 15) is 18.0 Å². The van der Waals surface area contributed by atoms with Crippen molar-refractivity contribution >= 4 is 35.0 Å². The maximum absolute atomic E-state index is 13.6. The van der Waals surface area contributed by atoms with Crippen LogP contribution in [0.1, 0.15) is 21.9 Å². The third-order valence-corrected chi connectivity index (χ3v) is 7.32. The summed E-state index contributed by atoms with van der Waals surface area (Å²) in [5.41, 5.74) is 0.539. The molecule has 0 bridgehead atoms. The number of thioether (sulfide) groups is 1. The minimum absolute atomic E-state index is 0.0134. The highest BCUT2D eigenvalue weighted by Crippen LogP contribution is 2.39. The Morgan fingerprint density at radius 1 is 0.974 bits per heavy atom. The maximum atomic E-state index is 13.6. The summed E-state index contributed by atoms with van der Waals surface area (Å²) in [4.78, 5) is 13.6. The van der Waals surface area contributed by atoms with E-state index in [0.29, 0.717) is 28.8 Å². The lowest BCUT2D eigenvalue weighted by molar-refractivity contribution is -0.137.